The molecule has 2 saturated heterocycles. The number of nitrogens with two attached hydrogens (primary N) is 1. The molecule has 2 N–H and O–H groups in total. The van der Waals surface area contributed by atoms with Gasteiger partial charge in [0.25, 0.3) is 5.91 Å². The Morgan fingerprint density at radius 3 is 2.61 bits per heavy atom. The molecule has 0 unspecified atom stereocenters. The molecule has 4 rings (SSSR count). The van der Waals surface area contributed by atoms with Crippen LogP contribution in [-0.4, -0.2) is 38.3 Å². The first kappa shape index (κ1) is 14.0. The number of nitrogens with zero attached hydrogens (tertiary/aromatic N) is 3. The van der Waals surface area contributed by atoms with Gasteiger partial charge < -0.3 is 10.6 Å². The van der Waals surface area contributed by atoms with Crippen LogP contribution in [0.15, 0.2) is 24.5 Å². The van der Waals surface area contributed by atoms with Crippen molar-refractivity contribution in [3.05, 3.63) is 35.9 Å². The van der Waals surface area contributed by atoms with Gasteiger partial charge in [-0.1, -0.05) is 0 Å². The monoisotopic (exact) mass is 314 g/mol. The van der Waals surface area contributed by atoms with E-state index in [2.05, 4.69) is 9.97 Å². The average molecular weight is 314 g/mol. The van der Waals surface area contributed by atoms with Gasteiger partial charge in [-0.25, -0.2) is 4.39 Å². The van der Waals surface area contributed by atoms with Gasteiger partial charge in [0.2, 0.25) is 5.91 Å². The Bertz CT molecular complexity index is 830. The number of primary amides is 1. The molecule has 6 nitrogen and oxygen atoms in total. The third-order valence-electron chi connectivity index (χ3n) is 5.05. The van der Waals surface area contributed by atoms with Crippen LogP contribution in [0.25, 0.3) is 11.0 Å². The molecule has 0 radical (unpaired) electrons. The number of aromatic nitrogens is 2. The molecule has 2 aliphatic heterocycles. The molecular weight excluding hydrogens is 299 g/mol. The summed E-state index contributed by atoms with van der Waals surface area (Å²) in [5, 5.41) is 0. The van der Waals surface area contributed by atoms with E-state index in [-0.39, 0.29) is 11.6 Å². The molecule has 0 atom stereocenters. The lowest BCUT2D eigenvalue weighted by atomic mass is 9.87. The van der Waals surface area contributed by atoms with Crippen molar-refractivity contribution in [2.75, 3.05) is 0 Å². The largest absolute Gasteiger partial charge is 0.368 e. The molecule has 23 heavy (non-hydrogen) atoms. The maximum atomic E-state index is 13.9. The van der Waals surface area contributed by atoms with E-state index in [1.165, 1.54) is 18.5 Å². The number of hydrogen-bond donors (Lipinski definition) is 1. The van der Waals surface area contributed by atoms with Crippen LogP contribution in [0.2, 0.25) is 0 Å². The Labute approximate surface area is 131 Å². The van der Waals surface area contributed by atoms with Crippen LogP contribution in [0.3, 0.4) is 0 Å². The van der Waals surface area contributed by atoms with E-state index in [0.717, 1.165) is 18.9 Å². The van der Waals surface area contributed by atoms with Crippen molar-refractivity contribution in [3.8, 4) is 0 Å². The van der Waals surface area contributed by atoms with Crippen molar-refractivity contribution in [3.63, 3.8) is 0 Å². The molecule has 2 amide bonds. The second kappa shape index (κ2) is 4.71. The van der Waals surface area contributed by atoms with Crippen molar-refractivity contribution < 1.29 is 14.0 Å². The van der Waals surface area contributed by atoms with Crippen LogP contribution in [0.5, 0.6) is 0 Å². The Kier molecular flexibility index (Phi) is 2.88. The summed E-state index contributed by atoms with van der Waals surface area (Å²) in [5.41, 5.74) is 5.43. The Hall–Kier alpha value is -2.57. The zero-order valence-electron chi connectivity index (χ0n) is 12.3. The SMILES string of the molecule is NC(=O)C12CCC(CC1)N2C(=O)c1cc(F)cc2nccnc12. The van der Waals surface area contributed by atoms with E-state index in [1.807, 2.05) is 0 Å². The van der Waals surface area contributed by atoms with E-state index in [4.69, 9.17) is 5.73 Å². The molecule has 7 heteroatoms. The molecule has 0 aliphatic carbocycles. The summed E-state index contributed by atoms with van der Waals surface area (Å²) in [7, 11) is 0. The third-order valence-corrected chi connectivity index (χ3v) is 5.05. The minimum Gasteiger partial charge on any atom is -0.368 e. The minimum atomic E-state index is -0.942. The van der Waals surface area contributed by atoms with Gasteiger partial charge in [0.15, 0.2) is 0 Å². The van der Waals surface area contributed by atoms with Gasteiger partial charge >= 0.3 is 0 Å². The molecule has 1 aromatic carbocycles. The van der Waals surface area contributed by atoms with Crippen LogP contribution in [0.1, 0.15) is 36.0 Å². The van der Waals surface area contributed by atoms with Crippen molar-refractivity contribution in [1.29, 1.82) is 0 Å². The number of halogens is 1. The molecule has 0 saturated carbocycles. The molecule has 2 aromatic rings. The highest BCUT2D eigenvalue weighted by atomic mass is 19.1. The Balaban J connectivity index is 1.86. The highest BCUT2D eigenvalue weighted by Gasteiger charge is 2.57. The summed E-state index contributed by atoms with van der Waals surface area (Å²) >= 11 is 0. The predicted octanol–water partition coefficient (Wildman–Crippen LogP) is 1.39. The number of carbonyl (C=O) groups excluding carboxylic acids is 2. The van der Waals surface area contributed by atoms with Gasteiger partial charge in [-0.05, 0) is 31.7 Å². The standard InChI is InChI=1S/C16H15FN4O2/c17-9-7-11(13-12(8-9)19-5-6-20-13)14(22)21-10-1-3-16(21,4-2-10)15(18)23/h5-8,10H,1-4H2,(H2,18,23). The second-order valence-electron chi connectivity index (χ2n) is 6.18. The van der Waals surface area contributed by atoms with Gasteiger partial charge in [0, 0.05) is 24.5 Å². The predicted molar refractivity (Wildman–Crippen MR) is 79.8 cm³/mol. The fraction of sp³-hybridized carbons (Fsp3) is 0.375. The second-order valence-corrected chi connectivity index (χ2v) is 6.18. The number of benzene rings is 1. The zero-order valence-corrected chi connectivity index (χ0v) is 12.3. The summed E-state index contributed by atoms with van der Waals surface area (Å²) in [6.45, 7) is 0. The highest BCUT2D eigenvalue weighted by molar-refractivity contribution is 6.07. The van der Waals surface area contributed by atoms with Crippen LogP contribution in [-0.2, 0) is 4.79 Å². The van der Waals surface area contributed by atoms with Crippen LogP contribution in [0, 0.1) is 5.82 Å². The molecule has 2 aliphatic rings. The lowest BCUT2D eigenvalue weighted by Gasteiger charge is -2.32. The van der Waals surface area contributed by atoms with Gasteiger partial charge in [0.1, 0.15) is 16.9 Å². The Morgan fingerprint density at radius 2 is 1.91 bits per heavy atom. The van der Waals surface area contributed by atoms with Gasteiger partial charge in [-0.15, -0.1) is 0 Å². The first-order valence-electron chi connectivity index (χ1n) is 7.57. The quantitative estimate of drug-likeness (QED) is 0.907. The van der Waals surface area contributed by atoms with Gasteiger partial charge in [-0.2, -0.15) is 0 Å². The topological polar surface area (TPSA) is 89.2 Å². The molecule has 2 bridgehead atoms. The van der Waals surface area contributed by atoms with Crippen LogP contribution < -0.4 is 5.73 Å². The summed E-state index contributed by atoms with van der Waals surface area (Å²) in [6.07, 6.45) is 5.52. The van der Waals surface area contributed by atoms with E-state index >= 15 is 0 Å². The van der Waals surface area contributed by atoms with E-state index in [1.54, 1.807) is 4.90 Å². The molecule has 1 aromatic heterocycles. The van der Waals surface area contributed by atoms with E-state index in [9.17, 15) is 14.0 Å². The summed E-state index contributed by atoms with van der Waals surface area (Å²) in [6, 6.07) is 2.37. The van der Waals surface area contributed by atoms with Crippen molar-refractivity contribution in [2.45, 2.75) is 37.3 Å². The number of amides is 2. The van der Waals surface area contributed by atoms with Crippen LogP contribution >= 0.6 is 0 Å². The van der Waals surface area contributed by atoms with E-state index < -0.39 is 23.2 Å². The molecular formula is C16H15FN4O2. The van der Waals surface area contributed by atoms with Gasteiger partial charge in [0.05, 0.1) is 11.1 Å². The summed E-state index contributed by atoms with van der Waals surface area (Å²) < 4.78 is 13.9. The Morgan fingerprint density at radius 1 is 1.22 bits per heavy atom. The first-order chi connectivity index (χ1) is 11.0. The maximum absolute atomic E-state index is 13.9. The fourth-order valence-electron chi connectivity index (χ4n) is 3.99. The van der Waals surface area contributed by atoms with E-state index in [0.29, 0.717) is 23.9 Å². The van der Waals surface area contributed by atoms with Crippen molar-refractivity contribution >= 4 is 22.8 Å². The number of carbonyl (C=O) groups is 2. The zero-order chi connectivity index (χ0) is 16.2. The molecule has 3 heterocycles. The summed E-state index contributed by atoms with van der Waals surface area (Å²) in [4.78, 5) is 34.8. The van der Waals surface area contributed by atoms with Crippen LogP contribution in [0.4, 0.5) is 4.39 Å². The number of rotatable bonds is 2. The molecule has 118 valence electrons. The van der Waals surface area contributed by atoms with Gasteiger partial charge in [-0.3, -0.25) is 19.6 Å². The smallest absolute Gasteiger partial charge is 0.257 e. The number of fused-ring (bicyclic) bond motifs is 3. The lowest BCUT2D eigenvalue weighted by molar-refractivity contribution is -0.126. The molecule has 2 fully saturated rings. The lowest BCUT2D eigenvalue weighted by Crippen LogP contribution is -2.53. The number of hydrogen-bond acceptors (Lipinski definition) is 4. The fourth-order valence-corrected chi connectivity index (χ4v) is 3.99. The average Bonchev–Trinajstić information content (AvgIpc) is 3.10. The summed E-state index contributed by atoms with van der Waals surface area (Å²) in [5.74, 6) is -1.44. The van der Waals surface area contributed by atoms with Crippen molar-refractivity contribution in [2.24, 2.45) is 5.73 Å². The highest BCUT2D eigenvalue weighted by Crippen LogP contribution is 2.47. The maximum Gasteiger partial charge on any atom is 0.257 e. The normalized spacial score (nSPS) is 26.0. The molecule has 0 spiro atoms. The minimum absolute atomic E-state index is 0.0232. The first-order valence-corrected chi connectivity index (χ1v) is 7.57. The van der Waals surface area contributed by atoms with Crippen molar-refractivity contribution in [1.82, 2.24) is 14.9 Å². The third kappa shape index (κ3) is 1.85.